The lowest BCUT2D eigenvalue weighted by atomic mass is 9.91. The topological polar surface area (TPSA) is 51.7 Å². The highest BCUT2D eigenvalue weighted by atomic mass is 32.2. The maximum Gasteiger partial charge on any atom is 0.410 e. The number of carbonyl (C=O) groups is 1. The first-order valence-corrected chi connectivity index (χ1v) is 11.1. The Morgan fingerprint density at radius 2 is 2.04 bits per heavy atom. The Hall–Kier alpha value is -1.27. The van der Waals surface area contributed by atoms with Gasteiger partial charge in [-0.25, -0.2) is 4.79 Å². The summed E-state index contributed by atoms with van der Waals surface area (Å²) in [5.41, 5.74) is 0.577. The second-order valence-corrected chi connectivity index (χ2v) is 9.55. The largest absolute Gasteiger partial charge is 0.444 e. The third-order valence-corrected chi connectivity index (χ3v) is 6.10. The minimum Gasteiger partial charge on any atom is -0.444 e. The average molecular weight is 393 g/mol. The van der Waals surface area contributed by atoms with Gasteiger partial charge in [-0.2, -0.15) is 0 Å². The van der Waals surface area contributed by atoms with E-state index in [2.05, 4.69) is 17.3 Å². The lowest BCUT2D eigenvalue weighted by Gasteiger charge is -2.33. The van der Waals surface area contributed by atoms with Crippen molar-refractivity contribution >= 4 is 17.9 Å². The van der Waals surface area contributed by atoms with Gasteiger partial charge >= 0.3 is 6.09 Å². The van der Waals surface area contributed by atoms with Gasteiger partial charge in [0.05, 0.1) is 18.9 Å². The van der Waals surface area contributed by atoms with Crippen LogP contribution in [0, 0.1) is 17.8 Å². The molecule has 1 unspecified atom stereocenters. The molecule has 27 heavy (non-hydrogen) atoms. The Balaban J connectivity index is 1.33. The number of piperidine rings is 1. The zero-order valence-electron chi connectivity index (χ0n) is 16.9. The lowest BCUT2D eigenvalue weighted by molar-refractivity contribution is 0.0170. The number of rotatable bonds is 6. The summed E-state index contributed by atoms with van der Waals surface area (Å²) in [5.74, 6) is 2.16. The third-order valence-electron chi connectivity index (χ3n) is 5.39. The van der Waals surface area contributed by atoms with Crippen LogP contribution in [-0.4, -0.2) is 47.5 Å². The van der Waals surface area contributed by atoms with Crippen molar-refractivity contribution in [3.05, 3.63) is 24.0 Å². The molecule has 5 nitrogen and oxygen atoms in total. The van der Waals surface area contributed by atoms with Gasteiger partial charge in [-0.15, -0.1) is 11.8 Å². The standard InChI is InChI=1S/C21H32N2O3S/c1-21(2,3)26-20(24)23-9-7-15(8-10-23)19-11-16(19)13-25-14-17-5-6-18(27-4)12-22-17/h5-6,12,15-16,19H,7-11,13-14H2,1-4H3/t16-,19?/m0/s1. The molecule has 1 aromatic heterocycles. The Morgan fingerprint density at radius 1 is 1.30 bits per heavy atom. The Labute approximate surface area is 167 Å². The number of hydrogen-bond acceptors (Lipinski definition) is 5. The van der Waals surface area contributed by atoms with E-state index in [1.165, 1.54) is 11.3 Å². The highest BCUT2D eigenvalue weighted by Crippen LogP contribution is 2.48. The maximum atomic E-state index is 12.2. The number of amides is 1. The number of ether oxygens (including phenoxy) is 2. The normalized spacial score (nSPS) is 23.3. The summed E-state index contributed by atoms with van der Waals surface area (Å²) in [6.07, 6.45) is 7.21. The van der Waals surface area contributed by atoms with Crippen molar-refractivity contribution in [1.29, 1.82) is 0 Å². The van der Waals surface area contributed by atoms with Crippen molar-refractivity contribution in [3.63, 3.8) is 0 Å². The van der Waals surface area contributed by atoms with Crippen LogP contribution in [0.4, 0.5) is 4.79 Å². The quantitative estimate of drug-likeness (QED) is 0.662. The molecule has 2 heterocycles. The first-order chi connectivity index (χ1) is 12.9. The lowest BCUT2D eigenvalue weighted by Crippen LogP contribution is -2.42. The van der Waals surface area contributed by atoms with Gasteiger partial charge in [0.25, 0.3) is 0 Å². The van der Waals surface area contributed by atoms with E-state index in [0.29, 0.717) is 12.5 Å². The minimum atomic E-state index is -0.419. The summed E-state index contributed by atoms with van der Waals surface area (Å²) in [6.45, 7) is 8.79. The Bertz CT molecular complexity index is 621. The van der Waals surface area contributed by atoms with Gasteiger partial charge in [-0.3, -0.25) is 4.98 Å². The van der Waals surface area contributed by atoms with Crippen LogP contribution in [0.25, 0.3) is 0 Å². The molecule has 0 spiro atoms. The smallest absolute Gasteiger partial charge is 0.410 e. The Morgan fingerprint density at radius 3 is 2.63 bits per heavy atom. The molecule has 3 rings (SSSR count). The number of pyridine rings is 1. The minimum absolute atomic E-state index is 0.170. The van der Waals surface area contributed by atoms with Gasteiger partial charge in [-0.1, -0.05) is 0 Å². The molecular weight excluding hydrogens is 360 g/mol. The first kappa shape index (κ1) is 20.5. The van der Waals surface area contributed by atoms with Crippen LogP contribution in [0.15, 0.2) is 23.2 Å². The predicted octanol–water partition coefficient (Wildman–Crippen LogP) is 4.60. The van der Waals surface area contributed by atoms with Gasteiger partial charge in [-0.05, 0) is 76.2 Å². The van der Waals surface area contributed by atoms with E-state index in [-0.39, 0.29) is 6.09 Å². The van der Waals surface area contributed by atoms with Crippen molar-refractivity contribution in [2.75, 3.05) is 26.0 Å². The molecule has 0 bridgehead atoms. The zero-order chi connectivity index (χ0) is 19.4. The molecule has 1 aliphatic heterocycles. The van der Waals surface area contributed by atoms with Crippen molar-refractivity contribution in [3.8, 4) is 0 Å². The molecule has 2 atom stereocenters. The van der Waals surface area contributed by atoms with Gasteiger partial charge in [0, 0.05) is 24.2 Å². The summed E-state index contributed by atoms with van der Waals surface area (Å²) >= 11 is 1.70. The van der Waals surface area contributed by atoms with E-state index in [4.69, 9.17) is 9.47 Å². The van der Waals surface area contributed by atoms with Gasteiger partial charge in [0.2, 0.25) is 0 Å². The molecule has 0 N–H and O–H groups in total. The number of hydrogen-bond donors (Lipinski definition) is 0. The van der Waals surface area contributed by atoms with Crippen molar-refractivity contribution < 1.29 is 14.3 Å². The van der Waals surface area contributed by atoms with Crippen molar-refractivity contribution in [2.24, 2.45) is 17.8 Å². The number of thioether (sulfide) groups is 1. The van der Waals surface area contributed by atoms with E-state index in [1.807, 2.05) is 37.9 Å². The number of nitrogens with zero attached hydrogens (tertiary/aromatic N) is 2. The summed E-state index contributed by atoms with van der Waals surface area (Å²) in [5, 5.41) is 0. The van der Waals surface area contributed by atoms with Crippen LogP contribution in [0.5, 0.6) is 0 Å². The summed E-state index contributed by atoms with van der Waals surface area (Å²) in [4.78, 5) is 19.6. The molecule has 1 aromatic rings. The van der Waals surface area contributed by atoms with Crippen molar-refractivity contribution in [1.82, 2.24) is 9.88 Å². The molecule has 2 aliphatic rings. The van der Waals surface area contributed by atoms with Gasteiger partial charge in [0.15, 0.2) is 0 Å². The number of aromatic nitrogens is 1. The third kappa shape index (κ3) is 6.11. The molecule has 2 fully saturated rings. The molecule has 1 saturated heterocycles. The van der Waals surface area contributed by atoms with E-state index >= 15 is 0 Å². The van der Waals surface area contributed by atoms with Crippen LogP contribution in [0.3, 0.4) is 0 Å². The second-order valence-electron chi connectivity index (χ2n) is 8.67. The molecule has 0 aromatic carbocycles. The zero-order valence-corrected chi connectivity index (χ0v) is 17.8. The maximum absolute atomic E-state index is 12.2. The van der Waals surface area contributed by atoms with E-state index in [1.54, 1.807) is 11.8 Å². The molecule has 6 heteroatoms. The fraction of sp³-hybridized carbons (Fsp3) is 0.714. The molecule has 1 saturated carbocycles. The Kier molecular flexibility index (Phi) is 6.69. The summed E-state index contributed by atoms with van der Waals surface area (Å²) in [7, 11) is 0. The highest BCUT2D eigenvalue weighted by molar-refractivity contribution is 7.98. The molecule has 1 amide bonds. The van der Waals surface area contributed by atoms with E-state index < -0.39 is 5.60 Å². The predicted molar refractivity (Wildman–Crippen MR) is 108 cm³/mol. The van der Waals surface area contributed by atoms with Gasteiger partial charge in [0.1, 0.15) is 5.60 Å². The fourth-order valence-electron chi connectivity index (χ4n) is 3.81. The number of carbonyl (C=O) groups excluding carboxylic acids is 1. The average Bonchev–Trinajstić information content (AvgIpc) is 3.40. The summed E-state index contributed by atoms with van der Waals surface area (Å²) in [6, 6.07) is 4.14. The van der Waals surface area contributed by atoms with Crippen LogP contribution in [0.2, 0.25) is 0 Å². The highest BCUT2D eigenvalue weighted by Gasteiger charge is 2.44. The SMILES string of the molecule is CSc1ccc(COC[C@@H]2CC2C2CCN(C(=O)OC(C)(C)C)CC2)nc1. The van der Waals surface area contributed by atoms with Crippen LogP contribution < -0.4 is 0 Å². The van der Waals surface area contributed by atoms with E-state index in [9.17, 15) is 4.79 Å². The van der Waals surface area contributed by atoms with Crippen LogP contribution in [0.1, 0.15) is 45.7 Å². The van der Waals surface area contributed by atoms with Crippen LogP contribution >= 0.6 is 11.8 Å². The summed E-state index contributed by atoms with van der Waals surface area (Å²) < 4.78 is 11.4. The monoisotopic (exact) mass is 392 g/mol. The van der Waals surface area contributed by atoms with Gasteiger partial charge < -0.3 is 14.4 Å². The number of likely N-dealkylation sites (tertiary alicyclic amines) is 1. The van der Waals surface area contributed by atoms with Crippen molar-refractivity contribution in [2.45, 2.75) is 57.1 Å². The first-order valence-electron chi connectivity index (χ1n) is 9.90. The van der Waals surface area contributed by atoms with Crippen LogP contribution in [-0.2, 0) is 16.1 Å². The molecular formula is C21H32N2O3S. The molecule has 1 aliphatic carbocycles. The molecule has 150 valence electrons. The second kappa shape index (κ2) is 8.82. The fourth-order valence-corrected chi connectivity index (χ4v) is 4.17. The van der Waals surface area contributed by atoms with E-state index in [0.717, 1.165) is 50.1 Å². The molecule has 0 radical (unpaired) electrons.